The van der Waals surface area contributed by atoms with Gasteiger partial charge in [-0.15, -0.1) is 0 Å². The summed E-state index contributed by atoms with van der Waals surface area (Å²) in [6.07, 6.45) is 6.24. The zero-order valence-electron chi connectivity index (χ0n) is 13.3. The summed E-state index contributed by atoms with van der Waals surface area (Å²) in [5.74, 6) is -0.522. The predicted octanol–water partition coefficient (Wildman–Crippen LogP) is 2.97. The van der Waals surface area contributed by atoms with Gasteiger partial charge in [-0.2, -0.15) is 0 Å². The molecule has 1 aliphatic heterocycles. The average Bonchev–Trinajstić information content (AvgIpc) is 2.86. The smallest absolute Gasteiger partial charge is 0.347 e. The minimum absolute atomic E-state index is 0.00892. The fourth-order valence-corrected chi connectivity index (χ4v) is 3.00. The molecule has 1 fully saturated rings. The van der Waals surface area contributed by atoms with Crippen molar-refractivity contribution in [3.63, 3.8) is 0 Å². The van der Waals surface area contributed by atoms with Crippen LogP contribution in [-0.2, 0) is 4.74 Å². The Morgan fingerprint density at radius 3 is 2.68 bits per heavy atom. The fraction of sp³-hybridized carbons (Fsp3) is 0.278. The van der Waals surface area contributed by atoms with Gasteiger partial charge in [0, 0.05) is 17.9 Å². The first-order valence-corrected chi connectivity index (χ1v) is 8.11. The van der Waals surface area contributed by atoms with Crippen molar-refractivity contribution in [2.45, 2.75) is 31.7 Å². The number of ether oxygens (including phenoxy) is 1. The minimum Gasteiger partial charge on any atom is -0.507 e. The topological polar surface area (TPSA) is 100 Å². The first-order valence-electron chi connectivity index (χ1n) is 7.73. The number of hydrogen-bond donors (Lipinski definition) is 3. The number of hydrogen-bond acceptors (Lipinski definition) is 6. The lowest BCUT2D eigenvalue weighted by Crippen LogP contribution is -2.17. The van der Waals surface area contributed by atoms with E-state index < -0.39 is 17.5 Å². The highest BCUT2D eigenvalue weighted by Crippen LogP contribution is 2.36. The van der Waals surface area contributed by atoms with Crippen LogP contribution < -0.4 is 5.63 Å². The Labute approximate surface area is 148 Å². The van der Waals surface area contributed by atoms with Gasteiger partial charge in [0.15, 0.2) is 0 Å². The van der Waals surface area contributed by atoms with Crippen molar-refractivity contribution in [2.24, 2.45) is 0 Å². The summed E-state index contributed by atoms with van der Waals surface area (Å²) in [6, 6.07) is 2.44. The molecule has 3 N–H and O–H groups in total. The lowest BCUT2D eigenvalue weighted by molar-refractivity contribution is 0.0469. The second-order valence-electron chi connectivity index (χ2n) is 5.91. The normalized spacial score (nSPS) is 24.0. The number of phenolic OH excluding ortho intramolecular Hbond substituents is 2. The molecular weight excluding hydrogens is 348 g/mol. The standard InChI is InChI=1S/C18H17ClO6/c1-9-6-12(20)15(24-9)5-3-2-4-10-7-11-16(18(23)25-10)13(21)8-14(22)17(11)19/h2-5,7-9,12,15,20-22H,6H2,1H3. The molecule has 0 aliphatic carbocycles. The van der Waals surface area contributed by atoms with E-state index in [0.29, 0.717) is 6.42 Å². The number of rotatable bonds is 3. The molecule has 132 valence electrons. The highest BCUT2D eigenvalue weighted by Gasteiger charge is 2.28. The third-order valence-electron chi connectivity index (χ3n) is 3.98. The zero-order chi connectivity index (χ0) is 18.1. The molecule has 1 saturated heterocycles. The second kappa shape index (κ2) is 6.92. The summed E-state index contributed by atoms with van der Waals surface area (Å²) in [6.45, 7) is 1.89. The van der Waals surface area contributed by atoms with Crippen molar-refractivity contribution < 1.29 is 24.5 Å². The molecule has 0 radical (unpaired) electrons. The number of fused-ring (bicyclic) bond motifs is 1. The van der Waals surface area contributed by atoms with E-state index in [9.17, 15) is 20.1 Å². The molecular formula is C18H17ClO6. The zero-order valence-corrected chi connectivity index (χ0v) is 14.1. The van der Waals surface area contributed by atoms with Crippen LogP contribution in [0.15, 0.2) is 39.6 Å². The third kappa shape index (κ3) is 3.56. The molecule has 2 aromatic rings. The second-order valence-corrected chi connectivity index (χ2v) is 6.29. The molecule has 1 aromatic carbocycles. The van der Waals surface area contributed by atoms with Gasteiger partial charge in [-0.3, -0.25) is 0 Å². The van der Waals surface area contributed by atoms with Crippen LogP contribution >= 0.6 is 11.6 Å². The summed E-state index contributed by atoms with van der Waals surface area (Å²) < 4.78 is 10.6. The Morgan fingerprint density at radius 1 is 1.24 bits per heavy atom. The summed E-state index contributed by atoms with van der Waals surface area (Å²) in [5, 5.41) is 29.3. The SMILES string of the molecule is CC1CC(O)C(C=CC=Cc2cc3c(Cl)c(O)cc(O)c3c(=O)o2)O1. The van der Waals surface area contributed by atoms with Crippen LogP contribution in [0.3, 0.4) is 0 Å². The number of benzene rings is 1. The van der Waals surface area contributed by atoms with Crippen LogP contribution in [0, 0.1) is 0 Å². The van der Waals surface area contributed by atoms with E-state index >= 15 is 0 Å². The van der Waals surface area contributed by atoms with Crippen LogP contribution in [0.4, 0.5) is 0 Å². The van der Waals surface area contributed by atoms with Crippen LogP contribution in [0.1, 0.15) is 19.1 Å². The highest BCUT2D eigenvalue weighted by molar-refractivity contribution is 6.37. The van der Waals surface area contributed by atoms with E-state index in [0.717, 1.165) is 6.07 Å². The van der Waals surface area contributed by atoms with Gasteiger partial charge in [0.25, 0.3) is 0 Å². The van der Waals surface area contributed by atoms with Crippen molar-refractivity contribution in [3.8, 4) is 11.5 Å². The summed E-state index contributed by atoms with van der Waals surface area (Å²) >= 11 is 5.99. The first-order chi connectivity index (χ1) is 11.9. The maximum Gasteiger partial charge on any atom is 0.347 e. The van der Waals surface area contributed by atoms with Gasteiger partial charge in [-0.25, -0.2) is 4.79 Å². The van der Waals surface area contributed by atoms with Gasteiger partial charge in [0.2, 0.25) is 0 Å². The van der Waals surface area contributed by atoms with E-state index in [1.807, 2.05) is 6.92 Å². The van der Waals surface area contributed by atoms with E-state index in [-0.39, 0.29) is 39.5 Å². The molecule has 2 heterocycles. The van der Waals surface area contributed by atoms with E-state index in [1.165, 1.54) is 12.1 Å². The monoisotopic (exact) mass is 364 g/mol. The van der Waals surface area contributed by atoms with E-state index in [2.05, 4.69) is 0 Å². The molecule has 0 saturated carbocycles. The van der Waals surface area contributed by atoms with Crippen molar-refractivity contribution >= 4 is 28.4 Å². The summed E-state index contributed by atoms with van der Waals surface area (Å²) in [5.41, 5.74) is -0.760. The number of aliphatic hydroxyl groups is 1. The lowest BCUT2D eigenvalue weighted by Gasteiger charge is -2.07. The molecule has 25 heavy (non-hydrogen) atoms. The first kappa shape index (κ1) is 17.5. The molecule has 7 heteroatoms. The van der Waals surface area contributed by atoms with Gasteiger partial charge >= 0.3 is 5.63 Å². The number of aromatic hydroxyl groups is 2. The Bertz CT molecular complexity index is 914. The number of phenols is 2. The maximum absolute atomic E-state index is 12.0. The quantitative estimate of drug-likeness (QED) is 0.724. The lowest BCUT2D eigenvalue weighted by atomic mass is 10.1. The van der Waals surface area contributed by atoms with Crippen LogP contribution in [0.2, 0.25) is 5.02 Å². The van der Waals surface area contributed by atoms with Crippen molar-refractivity contribution in [3.05, 3.63) is 51.6 Å². The fourth-order valence-electron chi connectivity index (χ4n) is 2.80. The average molecular weight is 365 g/mol. The van der Waals surface area contributed by atoms with Crippen molar-refractivity contribution in [1.29, 1.82) is 0 Å². The van der Waals surface area contributed by atoms with Crippen LogP contribution in [0.5, 0.6) is 11.5 Å². The van der Waals surface area contributed by atoms with Crippen LogP contribution in [0.25, 0.3) is 16.8 Å². The van der Waals surface area contributed by atoms with Gasteiger partial charge in [-0.1, -0.05) is 29.8 Å². The molecule has 3 atom stereocenters. The van der Waals surface area contributed by atoms with Gasteiger partial charge in [0.05, 0.1) is 17.2 Å². The predicted molar refractivity (Wildman–Crippen MR) is 94.0 cm³/mol. The molecule has 0 bridgehead atoms. The molecule has 3 rings (SSSR count). The largest absolute Gasteiger partial charge is 0.507 e. The summed E-state index contributed by atoms with van der Waals surface area (Å²) in [4.78, 5) is 12.0. The van der Waals surface area contributed by atoms with Crippen molar-refractivity contribution in [1.82, 2.24) is 0 Å². The highest BCUT2D eigenvalue weighted by atomic mass is 35.5. The van der Waals surface area contributed by atoms with Crippen LogP contribution in [-0.4, -0.2) is 33.6 Å². The molecule has 1 aromatic heterocycles. The van der Waals surface area contributed by atoms with Gasteiger partial charge in [0.1, 0.15) is 28.7 Å². The molecule has 0 amide bonds. The summed E-state index contributed by atoms with van der Waals surface area (Å²) in [7, 11) is 0. The molecule has 1 aliphatic rings. The Kier molecular flexibility index (Phi) is 4.85. The Hall–Kier alpha value is -2.28. The van der Waals surface area contributed by atoms with E-state index in [4.69, 9.17) is 20.8 Å². The minimum atomic E-state index is -0.760. The van der Waals surface area contributed by atoms with Crippen molar-refractivity contribution in [2.75, 3.05) is 0 Å². The Balaban J connectivity index is 1.87. The van der Waals surface area contributed by atoms with Gasteiger partial charge < -0.3 is 24.5 Å². The molecule has 0 spiro atoms. The number of halogens is 1. The third-order valence-corrected chi connectivity index (χ3v) is 4.37. The number of aliphatic hydroxyl groups excluding tert-OH is 1. The molecule has 6 nitrogen and oxygen atoms in total. The maximum atomic E-state index is 12.0. The Morgan fingerprint density at radius 2 is 2.00 bits per heavy atom. The van der Waals surface area contributed by atoms with E-state index in [1.54, 1.807) is 18.2 Å². The number of allylic oxidation sites excluding steroid dienone is 2. The van der Waals surface area contributed by atoms with Gasteiger partial charge in [-0.05, 0) is 19.1 Å². The molecule has 3 unspecified atom stereocenters.